The Morgan fingerprint density at radius 3 is 2.36 bits per heavy atom. The monoisotopic (exact) mass is 490 g/mol. The van der Waals surface area contributed by atoms with Gasteiger partial charge in [0.05, 0.1) is 5.92 Å². The van der Waals surface area contributed by atoms with Crippen LogP contribution in [0, 0.1) is 11.3 Å². The number of hydrogen-bond acceptors (Lipinski definition) is 2. The summed E-state index contributed by atoms with van der Waals surface area (Å²) in [6.07, 6.45) is 16.6. The van der Waals surface area contributed by atoms with Crippen LogP contribution in [0.4, 0.5) is 0 Å². The zero-order chi connectivity index (χ0) is 26.7. The maximum Gasteiger partial charge on any atom is 0.307 e. The molecule has 0 spiro atoms. The number of benzene rings is 1. The molecule has 2 rings (SSSR count). The van der Waals surface area contributed by atoms with Crippen molar-refractivity contribution < 1.29 is 19.8 Å². The summed E-state index contributed by atoms with van der Waals surface area (Å²) in [6.45, 7) is 10.9. The number of rotatable bonds is 12. The van der Waals surface area contributed by atoms with E-state index in [-0.39, 0.29) is 17.8 Å². The second kappa shape index (κ2) is 13.8. The van der Waals surface area contributed by atoms with Gasteiger partial charge in [-0.1, -0.05) is 97.4 Å². The van der Waals surface area contributed by atoms with Gasteiger partial charge in [0.2, 0.25) is 0 Å². The second-order valence-corrected chi connectivity index (χ2v) is 10.6. The van der Waals surface area contributed by atoms with Gasteiger partial charge in [0.15, 0.2) is 0 Å². The van der Waals surface area contributed by atoms with Crippen molar-refractivity contribution in [2.24, 2.45) is 11.3 Å². The Morgan fingerprint density at radius 1 is 1.06 bits per heavy atom. The first-order valence-corrected chi connectivity index (χ1v) is 12.9. The van der Waals surface area contributed by atoms with Crippen LogP contribution in [0.1, 0.15) is 84.6 Å². The van der Waals surface area contributed by atoms with E-state index in [1.165, 1.54) is 30.4 Å². The second-order valence-electron chi connectivity index (χ2n) is 10.6. The molecule has 36 heavy (non-hydrogen) atoms. The highest BCUT2D eigenvalue weighted by Gasteiger charge is 2.29. The lowest BCUT2D eigenvalue weighted by Crippen LogP contribution is -2.22. The van der Waals surface area contributed by atoms with Crippen LogP contribution in [0.3, 0.4) is 0 Å². The maximum absolute atomic E-state index is 12.1. The maximum atomic E-state index is 12.1. The Morgan fingerprint density at radius 2 is 1.75 bits per heavy atom. The summed E-state index contributed by atoms with van der Waals surface area (Å²) in [6, 6.07) is 9.36. The van der Waals surface area contributed by atoms with Crippen molar-refractivity contribution in [3.63, 3.8) is 0 Å². The molecule has 194 valence electrons. The third-order valence-corrected chi connectivity index (χ3v) is 7.17. The molecule has 0 aliphatic heterocycles. The van der Waals surface area contributed by atoms with Crippen LogP contribution in [0.15, 0.2) is 89.1 Å². The Hall–Kier alpha value is -3.14. The van der Waals surface area contributed by atoms with Crippen molar-refractivity contribution in [3.05, 3.63) is 94.6 Å². The smallest absolute Gasteiger partial charge is 0.307 e. The standard InChI is InChI=1S/C32H42O4/c1-23(11-9-12-24(2)17-20-29-25(3)13-10-22-32(29,4)5)16-18-28(31(35)36)27(19-21-30(33)34)26-14-7-6-8-15-26/h6-9,11-12,14-17,20,27-28H,10,13,18-19,21-22H2,1-5H3,(H,33,34)(H,35,36). The molecule has 1 aromatic carbocycles. The van der Waals surface area contributed by atoms with Crippen LogP contribution in [0.5, 0.6) is 0 Å². The van der Waals surface area contributed by atoms with Crippen LogP contribution >= 0.6 is 0 Å². The third kappa shape index (κ3) is 9.14. The fourth-order valence-corrected chi connectivity index (χ4v) is 5.03. The van der Waals surface area contributed by atoms with Crippen molar-refractivity contribution in [1.82, 2.24) is 0 Å². The van der Waals surface area contributed by atoms with Crippen LogP contribution in [0.2, 0.25) is 0 Å². The average Bonchev–Trinajstić information content (AvgIpc) is 2.80. The SMILES string of the molecule is CC(C=CC1=C(C)CCCC1(C)C)=CC=CC(C)=CCC(C(=O)O)C(CCC(=O)O)c1ccccc1. The van der Waals surface area contributed by atoms with Crippen LogP contribution in [-0.2, 0) is 9.59 Å². The molecule has 1 aliphatic rings. The fourth-order valence-electron chi connectivity index (χ4n) is 5.03. The van der Waals surface area contributed by atoms with Crippen molar-refractivity contribution in [3.8, 4) is 0 Å². The molecule has 0 saturated carbocycles. The highest BCUT2D eigenvalue weighted by Crippen LogP contribution is 2.40. The minimum absolute atomic E-state index is 0.0584. The molecule has 4 heteroatoms. The zero-order valence-electron chi connectivity index (χ0n) is 22.5. The quantitative estimate of drug-likeness (QED) is 0.289. The van der Waals surface area contributed by atoms with Gasteiger partial charge >= 0.3 is 11.9 Å². The summed E-state index contributed by atoms with van der Waals surface area (Å²) < 4.78 is 0. The first kappa shape index (κ1) is 29.1. The third-order valence-electron chi connectivity index (χ3n) is 7.17. The normalized spacial score (nSPS) is 18.6. The molecule has 0 amide bonds. The molecule has 4 nitrogen and oxygen atoms in total. The molecule has 0 bridgehead atoms. The molecule has 2 N–H and O–H groups in total. The molecule has 1 aliphatic carbocycles. The van der Waals surface area contributed by atoms with Crippen molar-refractivity contribution in [2.45, 2.75) is 79.1 Å². The number of carbonyl (C=O) groups is 2. The molecular formula is C32H42O4. The van der Waals surface area contributed by atoms with Crippen molar-refractivity contribution >= 4 is 11.9 Å². The summed E-state index contributed by atoms with van der Waals surface area (Å²) in [5.41, 5.74) is 6.14. The highest BCUT2D eigenvalue weighted by atomic mass is 16.4. The molecule has 0 fully saturated rings. The van der Waals surface area contributed by atoms with Crippen LogP contribution in [0.25, 0.3) is 0 Å². The lowest BCUT2D eigenvalue weighted by atomic mass is 9.72. The number of carboxylic acid groups (broad SMARTS) is 2. The van der Waals surface area contributed by atoms with E-state index in [9.17, 15) is 14.7 Å². The van der Waals surface area contributed by atoms with E-state index in [4.69, 9.17) is 5.11 Å². The van der Waals surface area contributed by atoms with Gasteiger partial charge < -0.3 is 10.2 Å². The summed E-state index contributed by atoms with van der Waals surface area (Å²) in [5, 5.41) is 19.1. The Labute approximate surface area is 216 Å². The predicted octanol–water partition coefficient (Wildman–Crippen LogP) is 8.26. The molecule has 0 aromatic heterocycles. The van der Waals surface area contributed by atoms with Gasteiger partial charge in [-0.15, -0.1) is 0 Å². The van der Waals surface area contributed by atoms with E-state index >= 15 is 0 Å². The zero-order valence-corrected chi connectivity index (χ0v) is 22.5. The highest BCUT2D eigenvalue weighted by molar-refractivity contribution is 5.72. The number of allylic oxidation sites excluding steroid dienone is 10. The first-order chi connectivity index (χ1) is 17.0. The van der Waals surface area contributed by atoms with Gasteiger partial charge in [0, 0.05) is 6.42 Å². The van der Waals surface area contributed by atoms with E-state index in [0.717, 1.165) is 16.7 Å². The van der Waals surface area contributed by atoms with Gasteiger partial charge in [0.25, 0.3) is 0 Å². The Bertz CT molecular complexity index is 1050. The molecule has 2 unspecified atom stereocenters. The Balaban J connectivity index is 2.10. The molecule has 0 heterocycles. The lowest BCUT2D eigenvalue weighted by Gasteiger charge is -2.32. The summed E-state index contributed by atoms with van der Waals surface area (Å²) >= 11 is 0. The summed E-state index contributed by atoms with van der Waals surface area (Å²) in [4.78, 5) is 23.3. The van der Waals surface area contributed by atoms with E-state index in [2.05, 4.69) is 45.9 Å². The minimum atomic E-state index is -0.913. The predicted molar refractivity (Wildman–Crippen MR) is 148 cm³/mol. The largest absolute Gasteiger partial charge is 0.481 e. The Kier molecular flexibility index (Phi) is 11.2. The van der Waals surface area contributed by atoms with Crippen molar-refractivity contribution in [1.29, 1.82) is 0 Å². The van der Waals surface area contributed by atoms with E-state index in [0.29, 0.717) is 12.8 Å². The molecule has 0 saturated heterocycles. The number of carboxylic acids is 2. The van der Waals surface area contributed by atoms with E-state index < -0.39 is 17.9 Å². The fraction of sp³-hybridized carbons (Fsp3) is 0.438. The van der Waals surface area contributed by atoms with Gasteiger partial charge in [0.1, 0.15) is 0 Å². The first-order valence-electron chi connectivity index (χ1n) is 12.9. The van der Waals surface area contributed by atoms with Gasteiger partial charge in [-0.2, -0.15) is 0 Å². The minimum Gasteiger partial charge on any atom is -0.481 e. The molecular weight excluding hydrogens is 448 g/mol. The van der Waals surface area contributed by atoms with E-state index in [1.807, 2.05) is 55.5 Å². The number of hydrogen-bond donors (Lipinski definition) is 2. The molecule has 1 aromatic rings. The molecule has 2 atom stereocenters. The van der Waals surface area contributed by atoms with E-state index in [1.54, 1.807) is 0 Å². The van der Waals surface area contributed by atoms with Crippen LogP contribution in [-0.4, -0.2) is 22.2 Å². The summed E-state index contributed by atoms with van der Waals surface area (Å²) in [5.74, 6) is -2.87. The number of aliphatic carboxylic acids is 2. The average molecular weight is 491 g/mol. The topological polar surface area (TPSA) is 74.6 Å². The van der Waals surface area contributed by atoms with Gasteiger partial charge in [-0.25, -0.2) is 0 Å². The van der Waals surface area contributed by atoms with Crippen LogP contribution < -0.4 is 0 Å². The van der Waals surface area contributed by atoms with Gasteiger partial charge in [-0.05, 0) is 75.3 Å². The van der Waals surface area contributed by atoms with Gasteiger partial charge in [-0.3, -0.25) is 9.59 Å². The van der Waals surface area contributed by atoms with Crippen molar-refractivity contribution in [2.75, 3.05) is 0 Å². The lowest BCUT2D eigenvalue weighted by molar-refractivity contribution is -0.143. The summed E-state index contributed by atoms with van der Waals surface area (Å²) in [7, 11) is 0. The molecule has 0 radical (unpaired) electrons.